The van der Waals surface area contributed by atoms with Crippen molar-refractivity contribution in [3.63, 3.8) is 0 Å². The first-order chi connectivity index (χ1) is 16.9. The Balaban J connectivity index is 1.36. The fraction of sp³-hybridized carbons (Fsp3) is 0.444. The highest BCUT2D eigenvalue weighted by molar-refractivity contribution is 5.62. The summed E-state index contributed by atoms with van der Waals surface area (Å²) >= 11 is 0. The molecule has 0 radical (unpaired) electrons. The molecule has 2 aliphatic rings. The van der Waals surface area contributed by atoms with Crippen molar-refractivity contribution in [2.45, 2.75) is 50.9 Å². The molecular formula is C27H31N5O3. The van der Waals surface area contributed by atoms with E-state index in [0.29, 0.717) is 5.56 Å². The van der Waals surface area contributed by atoms with E-state index >= 15 is 0 Å². The van der Waals surface area contributed by atoms with Crippen molar-refractivity contribution in [1.82, 2.24) is 19.9 Å². The molecule has 0 amide bonds. The van der Waals surface area contributed by atoms with Gasteiger partial charge in [-0.1, -0.05) is 17.3 Å². The Bertz CT molecular complexity index is 1210. The molecule has 2 heterocycles. The van der Waals surface area contributed by atoms with Crippen LogP contribution in [0, 0.1) is 17.2 Å². The Labute approximate surface area is 205 Å². The van der Waals surface area contributed by atoms with Gasteiger partial charge in [0.1, 0.15) is 11.4 Å². The summed E-state index contributed by atoms with van der Waals surface area (Å²) in [4.78, 5) is 2.34. The summed E-state index contributed by atoms with van der Waals surface area (Å²) in [7, 11) is 0. The second-order valence-electron chi connectivity index (χ2n) is 9.94. The summed E-state index contributed by atoms with van der Waals surface area (Å²) in [6.45, 7) is 3.94. The van der Waals surface area contributed by atoms with Crippen molar-refractivity contribution < 1.29 is 14.9 Å². The molecule has 182 valence electrons. The molecule has 35 heavy (non-hydrogen) atoms. The zero-order valence-electron chi connectivity index (χ0n) is 20.0. The van der Waals surface area contributed by atoms with Gasteiger partial charge in [0.05, 0.1) is 41.8 Å². The predicted molar refractivity (Wildman–Crippen MR) is 131 cm³/mol. The first-order valence-corrected chi connectivity index (χ1v) is 12.2. The summed E-state index contributed by atoms with van der Waals surface area (Å²) in [6, 6.07) is 15.5. The fourth-order valence-corrected chi connectivity index (χ4v) is 4.61. The summed E-state index contributed by atoms with van der Waals surface area (Å²) in [5.74, 6) is 0.916. The number of rotatable bonds is 8. The summed E-state index contributed by atoms with van der Waals surface area (Å²) < 4.78 is 7.99. The second-order valence-corrected chi connectivity index (χ2v) is 9.94. The highest BCUT2D eigenvalue weighted by atomic mass is 16.5. The van der Waals surface area contributed by atoms with Crippen LogP contribution in [0.2, 0.25) is 0 Å². The molecule has 3 aromatic rings. The number of aromatic nitrogens is 3. The molecule has 0 spiro atoms. The van der Waals surface area contributed by atoms with Gasteiger partial charge >= 0.3 is 0 Å². The molecule has 8 heteroatoms. The van der Waals surface area contributed by atoms with Crippen LogP contribution in [0.15, 0.2) is 48.7 Å². The molecule has 1 aliphatic carbocycles. The molecule has 1 saturated heterocycles. The number of hydrogen-bond donors (Lipinski definition) is 2. The van der Waals surface area contributed by atoms with Gasteiger partial charge in [-0.15, -0.1) is 5.10 Å². The van der Waals surface area contributed by atoms with Gasteiger partial charge in [0.2, 0.25) is 0 Å². The molecular weight excluding hydrogens is 442 g/mol. The van der Waals surface area contributed by atoms with Gasteiger partial charge in [-0.2, -0.15) is 5.26 Å². The van der Waals surface area contributed by atoms with Gasteiger partial charge in [-0.25, -0.2) is 4.68 Å². The van der Waals surface area contributed by atoms with Crippen molar-refractivity contribution in [2.75, 3.05) is 19.7 Å². The van der Waals surface area contributed by atoms with Gasteiger partial charge in [0.25, 0.3) is 0 Å². The van der Waals surface area contributed by atoms with Gasteiger partial charge in [0.15, 0.2) is 0 Å². The third-order valence-corrected chi connectivity index (χ3v) is 7.03. The Morgan fingerprint density at radius 1 is 1.17 bits per heavy atom. The molecule has 2 N–H and O–H groups in total. The maximum absolute atomic E-state index is 10.6. The van der Waals surface area contributed by atoms with Crippen LogP contribution in [0.1, 0.15) is 43.7 Å². The molecule has 1 aliphatic heterocycles. The third-order valence-electron chi connectivity index (χ3n) is 7.03. The zero-order chi connectivity index (χ0) is 24.4. The standard InChI is InChI=1S/C27H31N5O3/c1-27(34,18-33)22-3-2-12-31(16-22)15-21-7-6-20(13-26(21)35-24-10-11-24)25-17-32(30-29-25)23-8-4-19(14-28)5-9-23/h4-9,13,17,22,24,33-34H,2-3,10-12,15-16,18H2,1H3/t22-,27+/m0/s1. The van der Waals surface area contributed by atoms with Gasteiger partial charge in [-0.05, 0) is 69.5 Å². The molecule has 2 fully saturated rings. The SMILES string of the molecule is C[C@@](O)(CO)[C@H]1CCCN(Cc2ccc(-c3cn(-c4ccc(C#N)cc4)nn3)cc2OC2CC2)C1. The normalized spacial score (nSPS) is 20.2. The van der Waals surface area contributed by atoms with Gasteiger partial charge < -0.3 is 14.9 Å². The van der Waals surface area contributed by atoms with Crippen molar-refractivity contribution in [3.8, 4) is 28.8 Å². The van der Waals surface area contributed by atoms with Crippen LogP contribution in [0.3, 0.4) is 0 Å². The lowest BCUT2D eigenvalue weighted by atomic mass is 9.83. The van der Waals surface area contributed by atoms with Crippen molar-refractivity contribution >= 4 is 0 Å². The number of benzene rings is 2. The molecule has 1 saturated carbocycles. The number of nitriles is 1. The number of likely N-dealkylation sites (tertiary alicyclic amines) is 1. The second kappa shape index (κ2) is 9.78. The van der Waals surface area contributed by atoms with Crippen LogP contribution in [-0.2, 0) is 6.54 Å². The van der Waals surface area contributed by atoms with Crippen molar-refractivity contribution in [2.24, 2.45) is 5.92 Å². The van der Waals surface area contributed by atoms with E-state index in [1.54, 1.807) is 23.7 Å². The Hall–Kier alpha value is -3.25. The number of aliphatic hydroxyl groups is 2. The lowest BCUT2D eigenvalue weighted by Gasteiger charge is -2.39. The third kappa shape index (κ3) is 5.38. The number of aliphatic hydroxyl groups excluding tert-OH is 1. The average Bonchev–Trinajstić information content (AvgIpc) is 3.57. The first-order valence-electron chi connectivity index (χ1n) is 12.2. The van der Waals surface area contributed by atoms with E-state index in [9.17, 15) is 10.2 Å². The van der Waals surface area contributed by atoms with E-state index in [2.05, 4.69) is 27.3 Å². The van der Waals surface area contributed by atoms with E-state index < -0.39 is 5.60 Å². The van der Waals surface area contributed by atoms with Gasteiger partial charge in [-0.3, -0.25) is 4.90 Å². The van der Waals surface area contributed by atoms with Crippen LogP contribution >= 0.6 is 0 Å². The van der Waals surface area contributed by atoms with Crippen molar-refractivity contribution in [1.29, 1.82) is 5.26 Å². The molecule has 5 rings (SSSR count). The minimum Gasteiger partial charge on any atom is -0.490 e. The highest BCUT2D eigenvalue weighted by Crippen LogP contribution is 2.34. The largest absolute Gasteiger partial charge is 0.490 e. The maximum atomic E-state index is 10.6. The van der Waals surface area contributed by atoms with E-state index in [0.717, 1.165) is 73.6 Å². The number of nitrogens with zero attached hydrogens (tertiary/aromatic N) is 5. The average molecular weight is 474 g/mol. The molecule has 2 atom stereocenters. The van der Waals surface area contributed by atoms with Crippen LogP contribution < -0.4 is 4.74 Å². The smallest absolute Gasteiger partial charge is 0.124 e. The monoisotopic (exact) mass is 473 g/mol. The Kier molecular flexibility index (Phi) is 6.56. The van der Waals surface area contributed by atoms with Crippen LogP contribution in [-0.4, -0.2) is 61.5 Å². The number of piperidine rings is 1. The quantitative estimate of drug-likeness (QED) is 0.517. The maximum Gasteiger partial charge on any atom is 0.124 e. The summed E-state index contributed by atoms with van der Waals surface area (Å²) in [6.07, 6.45) is 6.21. The van der Waals surface area contributed by atoms with E-state index in [1.165, 1.54) is 0 Å². The van der Waals surface area contributed by atoms with E-state index in [4.69, 9.17) is 10.00 Å². The summed E-state index contributed by atoms with van der Waals surface area (Å²) in [5.41, 5.74) is 3.18. The minimum atomic E-state index is -1.06. The molecule has 0 unspecified atom stereocenters. The minimum absolute atomic E-state index is 0.0468. The molecule has 1 aromatic heterocycles. The Morgan fingerprint density at radius 3 is 2.69 bits per heavy atom. The zero-order valence-corrected chi connectivity index (χ0v) is 20.0. The number of ether oxygens (including phenoxy) is 1. The molecule has 2 aromatic carbocycles. The van der Waals surface area contributed by atoms with Crippen LogP contribution in [0.25, 0.3) is 16.9 Å². The Morgan fingerprint density at radius 2 is 1.97 bits per heavy atom. The first kappa shape index (κ1) is 23.5. The lowest BCUT2D eigenvalue weighted by Crippen LogP contribution is -2.47. The van der Waals surface area contributed by atoms with E-state index in [1.807, 2.05) is 30.5 Å². The van der Waals surface area contributed by atoms with E-state index in [-0.39, 0.29) is 18.6 Å². The lowest BCUT2D eigenvalue weighted by molar-refractivity contribution is -0.0697. The van der Waals surface area contributed by atoms with Crippen LogP contribution in [0.4, 0.5) is 0 Å². The van der Waals surface area contributed by atoms with Crippen molar-refractivity contribution in [3.05, 3.63) is 59.8 Å². The predicted octanol–water partition coefficient (Wildman–Crippen LogP) is 3.30. The fourth-order valence-electron chi connectivity index (χ4n) is 4.61. The van der Waals surface area contributed by atoms with Crippen LogP contribution in [0.5, 0.6) is 5.75 Å². The number of hydrogen-bond acceptors (Lipinski definition) is 7. The molecule has 8 nitrogen and oxygen atoms in total. The molecule has 0 bridgehead atoms. The highest BCUT2D eigenvalue weighted by Gasteiger charge is 2.35. The summed E-state index contributed by atoms with van der Waals surface area (Å²) in [5, 5.41) is 37.8. The van der Waals surface area contributed by atoms with Gasteiger partial charge in [0, 0.05) is 30.1 Å². The topological polar surface area (TPSA) is 107 Å².